The predicted molar refractivity (Wildman–Crippen MR) is 99.1 cm³/mol. The highest BCUT2D eigenvalue weighted by Gasteiger charge is 2.30. The molecule has 0 radical (unpaired) electrons. The van der Waals surface area contributed by atoms with Gasteiger partial charge in [-0.2, -0.15) is 0 Å². The summed E-state index contributed by atoms with van der Waals surface area (Å²) in [7, 11) is 0. The van der Waals surface area contributed by atoms with Crippen molar-refractivity contribution in [2.24, 2.45) is 16.3 Å². The van der Waals surface area contributed by atoms with Gasteiger partial charge in [0, 0.05) is 24.9 Å². The number of amidine groups is 1. The number of hydrogen-bond acceptors (Lipinski definition) is 2. The van der Waals surface area contributed by atoms with E-state index in [-0.39, 0.29) is 0 Å². The van der Waals surface area contributed by atoms with Crippen molar-refractivity contribution in [2.45, 2.75) is 71.3 Å². The van der Waals surface area contributed by atoms with Gasteiger partial charge in [-0.15, -0.1) is 0 Å². The van der Waals surface area contributed by atoms with Gasteiger partial charge >= 0.3 is 0 Å². The second-order valence-corrected chi connectivity index (χ2v) is 8.42. The average molecular weight is 313 g/mol. The van der Waals surface area contributed by atoms with Crippen LogP contribution in [0.4, 0.5) is 0 Å². The van der Waals surface area contributed by atoms with Crippen molar-refractivity contribution in [3.05, 3.63) is 35.9 Å². The number of rotatable bonds is 2. The van der Waals surface area contributed by atoms with E-state index >= 15 is 0 Å². The van der Waals surface area contributed by atoms with Gasteiger partial charge in [-0.05, 0) is 42.6 Å². The Bertz CT molecular complexity index is 527. The monoisotopic (exact) mass is 312 g/mol. The Morgan fingerprint density at radius 2 is 1.78 bits per heavy atom. The molecule has 23 heavy (non-hydrogen) atoms. The maximum atomic E-state index is 4.88. The largest absolute Gasteiger partial charge is 0.370 e. The fraction of sp³-hybridized carbons (Fsp3) is 0.667. The first-order valence-corrected chi connectivity index (χ1v) is 9.39. The zero-order valence-electron chi connectivity index (χ0n) is 15.0. The fourth-order valence-corrected chi connectivity index (χ4v) is 4.32. The van der Waals surface area contributed by atoms with Crippen LogP contribution >= 0.6 is 0 Å². The summed E-state index contributed by atoms with van der Waals surface area (Å²) >= 11 is 0. The molecular weight excluding hydrogens is 280 g/mol. The molecule has 1 aliphatic heterocycles. The van der Waals surface area contributed by atoms with Gasteiger partial charge in [0.2, 0.25) is 0 Å². The lowest BCUT2D eigenvalue weighted by molar-refractivity contribution is 0.220. The van der Waals surface area contributed by atoms with Crippen molar-refractivity contribution in [2.75, 3.05) is 6.54 Å². The van der Waals surface area contributed by atoms with Crippen molar-refractivity contribution in [1.82, 2.24) is 5.32 Å². The molecule has 3 atom stereocenters. The van der Waals surface area contributed by atoms with Crippen LogP contribution in [0.1, 0.15) is 70.8 Å². The third-order valence-electron chi connectivity index (χ3n) is 5.83. The summed E-state index contributed by atoms with van der Waals surface area (Å²) in [6.45, 7) is 8.11. The lowest BCUT2D eigenvalue weighted by Crippen LogP contribution is -2.36. The zero-order chi connectivity index (χ0) is 16.3. The van der Waals surface area contributed by atoms with Crippen LogP contribution in [-0.4, -0.2) is 18.4 Å². The molecule has 0 bridgehead atoms. The predicted octanol–water partition coefficient (Wildman–Crippen LogP) is 5.16. The van der Waals surface area contributed by atoms with Gasteiger partial charge in [-0.25, -0.2) is 0 Å². The average Bonchev–Trinajstić information content (AvgIpc) is 2.84. The Morgan fingerprint density at radius 1 is 1.00 bits per heavy atom. The van der Waals surface area contributed by atoms with Gasteiger partial charge in [0.05, 0.1) is 5.84 Å². The highest BCUT2D eigenvalue weighted by atomic mass is 15.0. The summed E-state index contributed by atoms with van der Waals surface area (Å²) in [5.74, 6) is 2.71. The summed E-state index contributed by atoms with van der Waals surface area (Å²) in [4.78, 5) is 4.88. The maximum absolute atomic E-state index is 4.88. The Balaban J connectivity index is 1.62. The van der Waals surface area contributed by atoms with E-state index in [0.717, 1.165) is 18.9 Å². The van der Waals surface area contributed by atoms with Crippen molar-refractivity contribution in [3.63, 3.8) is 0 Å². The highest BCUT2D eigenvalue weighted by molar-refractivity contribution is 5.82. The SMILES string of the molecule is CC(C)(C)C1CCN=C(NC2CCCC2c2ccccc2)CC1. The Hall–Kier alpha value is -1.31. The second kappa shape index (κ2) is 7.07. The lowest BCUT2D eigenvalue weighted by atomic mass is 9.76. The molecule has 3 unspecified atom stereocenters. The molecule has 1 aromatic rings. The molecule has 0 aromatic heterocycles. The molecular formula is C21H32N2. The molecule has 1 N–H and O–H groups in total. The Labute approximate surface area is 141 Å². The van der Waals surface area contributed by atoms with E-state index in [9.17, 15) is 0 Å². The first-order chi connectivity index (χ1) is 11.0. The Morgan fingerprint density at radius 3 is 2.52 bits per heavy atom. The molecule has 2 nitrogen and oxygen atoms in total. The Kier molecular flexibility index (Phi) is 5.08. The van der Waals surface area contributed by atoms with Crippen LogP contribution < -0.4 is 5.32 Å². The van der Waals surface area contributed by atoms with Crippen LogP contribution in [0.3, 0.4) is 0 Å². The van der Waals surface area contributed by atoms with Crippen LogP contribution in [-0.2, 0) is 0 Å². The van der Waals surface area contributed by atoms with E-state index in [1.165, 1.54) is 43.5 Å². The summed E-state index contributed by atoms with van der Waals surface area (Å²) in [5.41, 5.74) is 1.90. The van der Waals surface area contributed by atoms with Gasteiger partial charge in [-0.1, -0.05) is 57.5 Å². The van der Waals surface area contributed by atoms with E-state index in [4.69, 9.17) is 4.99 Å². The molecule has 3 rings (SSSR count). The molecule has 0 saturated heterocycles. The van der Waals surface area contributed by atoms with Crippen molar-refractivity contribution < 1.29 is 0 Å². The quantitative estimate of drug-likeness (QED) is 0.801. The van der Waals surface area contributed by atoms with Gasteiger partial charge in [-0.3, -0.25) is 4.99 Å². The molecule has 0 amide bonds. The lowest BCUT2D eigenvalue weighted by Gasteiger charge is -2.29. The first-order valence-electron chi connectivity index (χ1n) is 9.39. The molecule has 1 fully saturated rings. The van der Waals surface area contributed by atoms with Crippen LogP contribution in [0.25, 0.3) is 0 Å². The van der Waals surface area contributed by atoms with E-state index in [1.807, 2.05) is 0 Å². The van der Waals surface area contributed by atoms with E-state index in [0.29, 0.717) is 17.4 Å². The van der Waals surface area contributed by atoms with Crippen LogP contribution in [0, 0.1) is 11.3 Å². The summed E-state index contributed by atoms with van der Waals surface area (Å²) in [6.07, 6.45) is 7.55. The maximum Gasteiger partial charge on any atom is 0.0965 e. The van der Waals surface area contributed by atoms with Gasteiger partial charge < -0.3 is 5.32 Å². The molecule has 2 aliphatic rings. The second-order valence-electron chi connectivity index (χ2n) is 8.42. The third kappa shape index (κ3) is 4.16. The minimum atomic E-state index is 0.408. The minimum Gasteiger partial charge on any atom is -0.370 e. The molecule has 1 aromatic carbocycles. The highest BCUT2D eigenvalue weighted by Crippen LogP contribution is 2.36. The van der Waals surface area contributed by atoms with Crippen LogP contribution in [0.5, 0.6) is 0 Å². The molecule has 1 heterocycles. The smallest absolute Gasteiger partial charge is 0.0965 e. The molecule has 1 saturated carbocycles. The van der Waals surface area contributed by atoms with Crippen molar-refractivity contribution in [1.29, 1.82) is 0 Å². The van der Waals surface area contributed by atoms with E-state index in [2.05, 4.69) is 56.4 Å². The molecule has 1 aliphatic carbocycles. The number of benzene rings is 1. The topological polar surface area (TPSA) is 24.4 Å². The minimum absolute atomic E-state index is 0.408. The van der Waals surface area contributed by atoms with Gasteiger partial charge in [0.25, 0.3) is 0 Å². The number of nitrogens with zero attached hydrogens (tertiary/aromatic N) is 1. The molecule has 0 spiro atoms. The first kappa shape index (κ1) is 16.5. The van der Waals surface area contributed by atoms with Crippen LogP contribution in [0.2, 0.25) is 0 Å². The third-order valence-corrected chi connectivity index (χ3v) is 5.83. The molecule has 2 heteroatoms. The van der Waals surface area contributed by atoms with E-state index < -0.39 is 0 Å². The fourth-order valence-electron chi connectivity index (χ4n) is 4.32. The summed E-state index contributed by atoms with van der Waals surface area (Å²) in [6, 6.07) is 11.6. The van der Waals surface area contributed by atoms with Crippen molar-refractivity contribution in [3.8, 4) is 0 Å². The number of hydrogen-bond donors (Lipinski definition) is 1. The number of nitrogens with one attached hydrogen (secondary N) is 1. The van der Waals surface area contributed by atoms with E-state index in [1.54, 1.807) is 0 Å². The molecule has 126 valence electrons. The summed E-state index contributed by atoms with van der Waals surface area (Å²) < 4.78 is 0. The summed E-state index contributed by atoms with van der Waals surface area (Å²) in [5, 5.41) is 3.83. The van der Waals surface area contributed by atoms with Gasteiger partial charge in [0.15, 0.2) is 0 Å². The van der Waals surface area contributed by atoms with Crippen LogP contribution in [0.15, 0.2) is 35.3 Å². The standard InChI is InChI=1S/C21H32N2/c1-21(2,3)17-12-13-20(22-15-14-17)23-19-11-7-10-18(19)16-8-5-4-6-9-16/h4-6,8-9,17-19H,7,10-15H2,1-3H3,(H,22,23). The normalized spacial score (nSPS) is 29.0. The van der Waals surface area contributed by atoms with Crippen molar-refractivity contribution >= 4 is 5.84 Å². The number of aliphatic imine (C=N–C) groups is 1. The van der Waals surface area contributed by atoms with Gasteiger partial charge in [0.1, 0.15) is 0 Å². The zero-order valence-corrected chi connectivity index (χ0v) is 15.0.